The van der Waals surface area contributed by atoms with Crippen LogP contribution in [0.15, 0.2) is 59.6 Å². The van der Waals surface area contributed by atoms with Crippen molar-refractivity contribution in [3.63, 3.8) is 0 Å². The summed E-state index contributed by atoms with van der Waals surface area (Å²) in [6.45, 7) is 1.06. The maximum Gasteiger partial charge on any atom is 0.191 e. The molecule has 2 bridgehead atoms. The molecule has 2 aromatic rings. The smallest absolute Gasteiger partial charge is 0.191 e. The first-order chi connectivity index (χ1) is 14.7. The van der Waals surface area contributed by atoms with Gasteiger partial charge in [-0.05, 0) is 49.3 Å². The minimum atomic E-state index is -0.0999. The lowest BCUT2D eigenvalue weighted by Crippen LogP contribution is -2.52. The van der Waals surface area contributed by atoms with Gasteiger partial charge in [0.2, 0.25) is 0 Å². The number of benzene rings is 2. The molecule has 4 unspecified atom stereocenters. The summed E-state index contributed by atoms with van der Waals surface area (Å²) in [6.07, 6.45) is 5.86. The molecular formula is C25H31FN4. The number of fused-ring (bicyclic) bond motifs is 2. The van der Waals surface area contributed by atoms with Gasteiger partial charge < -0.3 is 10.6 Å². The minimum absolute atomic E-state index is 0.0999. The third kappa shape index (κ3) is 4.08. The average molecular weight is 407 g/mol. The Kier molecular flexibility index (Phi) is 5.47. The molecule has 2 saturated heterocycles. The molecule has 3 fully saturated rings. The number of halogens is 1. The highest BCUT2D eigenvalue weighted by atomic mass is 19.1. The summed E-state index contributed by atoms with van der Waals surface area (Å²) in [7, 11) is 1.83. The largest absolute Gasteiger partial charge is 0.354 e. The fourth-order valence-corrected chi connectivity index (χ4v) is 5.46. The van der Waals surface area contributed by atoms with E-state index < -0.39 is 0 Å². The van der Waals surface area contributed by atoms with Gasteiger partial charge >= 0.3 is 0 Å². The van der Waals surface area contributed by atoms with E-state index in [4.69, 9.17) is 0 Å². The number of piperidine rings is 1. The number of nitrogens with zero attached hydrogens (tertiary/aromatic N) is 2. The van der Waals surface area contributed by atoms with Crippen LogP contribution in [-0.4, -0.2) is 42.1 Å². The lowest BCUT2D eigenvalue weighted by molar-refractivity contribution is 0.114. The van der Waals surface area contributed by atoms with Gasteiger partial charge in [-0.15, -0.1) is 0 Å². The first kappa shape index (κ1) is 19.6. The topological polar surface area (TPSA) is 39.7 Å². The molecule has 0 radical (unpaired) electrons. The summed E-state index contributed by atoms with van der Waals surface area (Å²) in [5.74, 6) is 1.01. The fourth-order valence-electron chi connectivity index (χ4n) is 5.46. The summed E-state index contributed by atoms with van der Waals surface area (Å²) in [4.78, 5) is 7.16. The zero-order chi connectivity index (χ0) is 20.5. The van der Waals surface area contributed by atoms with Crippen molar-refractivity contribution < 1.29 is 4.39 Å². The van der Waals surface area contributed by atoms with Crippen molar-refractivity contribution in [3.05, 3.63) is 71.5 Å². The highest BCUT2D eigenvalue weighted by molar-refractivity contribution is 5.81. The average Bonchev–Trinajstić information content (AvgIpc) is 3.48. The molecule has 5 heteroatoms. The van der Waals surface area contributed by atoms with E-state index >= 15 is 0 Å². The molecule has 1 saturated carbocycles. The zero-order valence-corrected chi connectivity index (χ0v) is 17.6. The highest BCUT2D eigenvalue weighted by Crippen LogP contribution is 2.42. The SMILES string of the molecule is CN=C(NC1CC2CCC(C1)N2Cc1ccccc1)NC1CC1c1ccccc1F. The van der Waals surface area contributed by atoms with Crippen LogP contribution < -0.4 is 10.6 Å². The van der Waals surface area contributed by atoms with Gasteiger partial charge in [0.05, 0.1) is 0 Å². The van der Waals surface area contributed by atoms with Crippen LogP contribution in [0.2, 0.25) is 0 Å². The molecule has 0 spiro atoms. The van der Waals surface area contributed by atoms with Crippen LogP contribution in [0.25, 0.3) is 0 Å². The van der Waals surface area contributed by atoms with Gasteiger partial charge in [-0.2, -0.15) is 0 Å². The Labute approximate surface area is 178 Å². The number of aliphatic imine (C=N–C) groups is 1. The maximum absolute atomic E-state index is 14.1. The second kappa shape index (κ2) is 8.38. The summed E-state index contributed by atoms with van der Waals surface area (Å²) in [5, 5.41) is 7.19. The molecule has 2 N–H and O–H groups in total. The minimum Gasteiger partial charge on any atom is -0.354 e. The van der Waals surface area contributed by atoms with Gasteiger partial charge in [-0.25, -0.2) is 4.39 Å². The Morgan fingerprint density at radius 1 is 0.967 bits per heavy atom. The van der Waals surface area contributed by atoms with Crippen molar-refractivity contribution in [2.45, 2.75) is 68.7 Å². The second-order valence-corrected chi connectivity index (χ2v) is 9.04. The number of guanidine groups is 1. The van der Waals surface area contributed by atoms with Gasteiger partial charge in [0.1, 0.15) is 5.82 Å². The molecule has 4 nitrogen and oxygen atoms in total. The Morgan fingerprint density at radius 2 is 1.67 bits per heavy atom. The summed E-state index contributed by atoms with van der Waals surface area (Å²) in [5.41, 5.74) is 2.23. The Hall–Kier alpha value is -2.40. The van der Waals surface area contributed by atoms with Gasteiger partial charge in [0.15, 0.2) is 5.96 Å². The van der Waals surface area contributed by atoms with Crippen LogP contribution in [0.5, 0.6) is 0 Å². The highest BCUT2D eigenvalue weighted by Gasteiger charge is 2.43. The normalized spacial score (nSPS) is 30.9. The molecule has 1 aliphatic carbocycles. The van der Waals surface area contributed by atoms with Crippen molar-refractivity contribution in [2.24, 2.45) is 4.99 Å². The van der Waals surface area contributed by atoms with Crippen molar-refractivity contribution in [2.75, 3.05) is 7.05 Å². The molecule has 3 aliphatic rings. The molecule has 4 atom stereocenters. The molecule has 2 heterocycles. The van der Waals surface area contributed by atoms with Crippen LogP contribution in [0.3, 0.4) is 0 Å². The van der Waals surface area contributed by atoms with E-state index in [-0.39, 0.29) is 17.8 Å². The van der Waals surface area contributed by atoms with E-state index in [1.54, 1.807) is 12.1 Å². The molecule has 0 aromatic heterocycles. The van der Waals surface area contributed by atoms with Gasteiger partial charge in [-0.1, -0.05) is 48.5 Å². The first-order valence-electron chi connectivity index (χ1n) is 11.2. The number of hydrogen-bond donors (Lipinski definition) is 2. The Balaban J connectivity index is 1.15. The fraction of sp³-hybridized carbons (Fsp3) is 0.480. The molecule has 0 amide bonds. The lowest BCUT2D eigenvalue weighted by Gasteiger charge is -2.39. The zero-order valence-electron chi connectivity index (χ0n) is 17.6. The van der Waals surface area contributed by atoms with E-state index in [0.717, 1.165) is 37.3 Å². The molecule has 5 rings (SSSR count). The molecule has 158 valence electrons. The van der Waals surface area contributed by atoms with Crippen LogP contribution in [0.1, 0.15) is 49.1 Å². The quantitative estimate of drug-likeness (QED) is 0.582. The molecular weight excluding hydrogens is 375 g/mol. The molecule has 30 heavy (non-hydrogen) atoms. The summed E-state index contributed by atoms with van der Waals surface area (Å²) >= 11 is 0. The van der Waals surface area contributed by atoms with Crippen LogP contribution in [-0.2, 0) is 6.54 Å². The Morgan fingerprint density at radius 3 is 2.37 bits per heavy atom. The van der Waals surface area contributed by atoms with Gasteiger partial charge in [0, 0.05) is 43.7 Å². The second-order valence-electron chi connectivity index (χ2n) is 9.04. The number of hydrogen-bond acceptors (Lipinski definition) is 2. The Bertz CT molecular complexity index is 885. The van der Waals surface area contributed by atoms with Crippen molar-refractivity contribution >= 4 is 5.96 Å². The summed E-state index contributed by atoms with van der Waals surface area (Å²) in [6, 6.07) is 19.9. The predicted molar refractivity (Wildman–Crippen MR) is 119 cm³/mol. The lowest BCUT2D eigenvalue weighted by atomic mass is 9.96. The molecule has 2 aromatic carbocycles. The van der Waals surface area contributed by atoms with E-state index in [1.165, 1.54) is 18.4 Å². The van der Waals surface area contributed by atoms with Crippen molar-refractivity contribution in [1.82, 2.24) is 15.5 Å². The number of nitrogens with one attached hydrogen (secondary N) is 2. The maximum atomic E-state index is 14.1. The van der Waals surface area contributed by atoms with Crippen LogP contribution >= 0.6 is 0 Å². The van der Waals surface area contributed by atoms with Crippen molar-refractivity contribution in [1.29, 1.82) is 0 Å². The first-order valence-corrected chi connectivity index (χ1v) is 11.2. The van der Waals surface area contributed by atoms with E-state index in [9.17, 15) is 4.39 Å². The van der Waals surface area contributed by atoms with Gasteiger partial charge in [0.25, 0.3) is 0 Å². The van der Waals surface area contributed by atoms with Crippen LogP contribution in [0, 0.1) is 5.82 Å². The third-order valence-electron chi connectivity index (χ3n) is 7.07. The van der Waals surface area contributed by atoms with E-state index in [1.807, 2.05) is 19.2 Å². The monoisotopic (exact) mass is 406 g/mol. The third-order valence-corrected chi connectivity index (χ3v) is 7.07. The number of rotatable bonds is 5. The molecule has 2 aliphatic heterocycles. The van der Waals surface area contributed by atoms with E-state index in [0.29, 0.717) is 18.1 Å². The standard InChI is InChI=1S/C25H31FN4/c1-27-25(29-24-15-22(24)21-9-5-6-10-23(21)26)28-18-13-19-11-12-20(14-18)30(19)16-17-7-3-2-4-8-17/h2-10,18-20,22,24H,11-16H2,1H3,(H2,27,28,29). The van der Waals surface area contributed by atoms with Crippen molar-refractivity contribution in [3.8, 4) is 0 Å². The summed E-state index contributed by atoms with van der Waals surface area (Å²) < 4.78 is 14.1. The van der Waals surface area contributed by atoms with Crippen LogP contribution in [0.4, 0.5) is 4.39 Å². The van der Waals surface area contributed by atoms with Gasteiger partial charge in [-0.3, -0.25) is 9.89 Å². The predicted octanol–water partition coefficient (Wildman–Crippen LogP) is 4.04. The van der Waals surface area contributed by atoms with E-state index in [2.05, 4.69) is 50.9 Å².